The fourth-order valence-electron chi connectivity index (χ4n) is 5.61. The third-order valence-corrected chi connectivity index (χ3v) is 8.72. The first-order valence-corrected chi connectivity index (χ1v) is 18.2. The molecule has 7 N–H and O–H groups in total. The van der Waals surface area contributed by atoms with Gasteiger partial charge in [0.05, 0.1) is 19.0 Å². The fourth-order valence-corrected chi connectivity index (χ4v) is 5.61. The lowest BCUT2D eigenvalue weighted by Gasteiger charge is -2.24. The number of aromatic nitrogens is 4. The maximum absolute atomic E-state index is 12.9. The molecule has 0 fully saturated rings. The summed E-state index contributed by atoms with van der Waals surface area (Å²) in [5.74, 6) is -8.16. The molecule has 0 unspecified atom stereocenters. The number of rotatable bonds is 29. The molecule has 0 saturated heterocycles. The van der Waals surface area contributed by atoms with Crippen molar-refractivity contribution in [1.29, 1.82) is 0 Å². The third-order valence-electron chi connectivity index (χ3n) is 8.72. The zero-order chi connectivity index (χ0) is 43.4. The van der Waals surface area contributed by atoms with Gasteiger partial charge in [-0.3, -0.25) is 38.5 Å². The topological polar surface area (TPSA) is 324 Å². The van der Waals surface area contributed by atoms with Crippen molar-refractivity contribution >= 4 is 53.5 Å². The Hall–Kier alpha value is -6.39. The van der Waals surface area contributed by atoms with Crippen molar-refractivity contribution in [3.8, 4) is 0 Å². The first kappa shape index (κ1) is 47.8. The number of nitrogens with zero attached hydrogens (tertiary/aromatic N) is 7. The van der Waals surface area contributed by atoms with E-state index in [1.807, 2.05) is 4.90 Å². The van der Waals surface area contributed by atoms with Crippen LogP contribution in [0.4, 0.5) is 4.79 Å². The van der Waals surface area contributed by atoms with Crippen molar-refractivity contribution < 1.29 is 68.7 Å². The van der Waals surface area contributed by atoms with Crippen LogP contribution in [0.25, 0.3) is 0 Å². The lowest BCUT2D eigenvalue weighted by Crippen LogP contribution is -2.46. The summed E-state index contributed by atoms with van der Waals surface area (Å²) in [6, 6.07) is -2.30. The zero-order valence-corrected chi connectivity index (χ0v) is 32.3. The highest BCUT2D eigenvalue weighted by atomic mass is 16.4. The first-order valence-electron chi connectivity index (χ1n) is 18.2. The Bertz CT molecular complexity index is 1740. The summed E-state index contributed by atoms with van der Waals surface area (Å²) >= 11 is 0. The fraction of sp³-hybridized carbons (Fsp3) is 0.571. The first-order chi connectivity index (χ1) is 27.4. The highest BCUT2D eigenvalue weighted by molar-refractivity contribution is 5.86. The van der Waals surface area contributed by atoms with Gasteiger partial charge in [0, 0.05) is 64.7 Å². The molecule has 0 aliphatic rings. The quantitative estimate of drug-likeness (QED) is 0.0504. The summed E-state index contributed by atoms with van der Waals surface area (Å²) in [4.78, 5) is 120. The Morgan fingerprint density at radius 2 is 1.28 bits per heavy atom. The van der Waals surface area contributed by atoms with Gasteiger partial charge >= 0.3 is 35.9 Å². The minimum absolute atomic E-state index is 0.00167. The van der Waals surface area contributed by atoms with Gasteiger partial charge in [0.2, 0.25) is 11.8 Å². The number of carbonyl (C=O) groups is 9. The summed E-state index contributed by atoms with van der Waals surface area (Å²) in [6.45, 7) is -1.46. The number of ketones is 1. The summed E-state index contributed by atoms with van der Waals surface area (Å²) in [7, 11) is 3.22. The van der Waals surface area contributed by atoms with Crippen LogP contribution in [0.3, 0.4) is 0 Å². The lowest BCUT2D eigenvalue weighted by atomic mass is 9.94. The molecule has 0 aliphatic heterocycles. The van der Waals surface area contributed by atoms with Crippen LogP contribution in [-0.2, 0) is 64.5 Å². The Kier molecular flexibility index (Phi) is 20.0. The van der Waals surface area contributed by atoms with Crippen LogP contribution >= 0.6 is 0 Å². The molecule has 0 aliphatic carbocycles. The van der Waals surface area contributed by atoms with Crippen LogP contribution in [0.15, 0.2) is 24.8 Å². The van der Waals surface area contributed by atoms with Crippen LogP contribution < -0.4 is 10.6 Å². The highest BCUT2D eigenvalue weighted by Crippen LogP contribution is 2.18. The number of amides is 4. The number of nitrogens with one attached hydrogen (secondary N) is 2. The van der Waals surface area contributed by atoms with E-state index in [1.54, 1.807) is 24.9 Å². The van der Waals surface area contributed by atoms with Crippen LogP contribution in [0.2, 0.25) is 0 Å². The van der Waals surface area contributed by atoms with E-state index in [2.05, 4.69) is 20.6 Å². The van der Waals surface area contributed by atoms with E-state index < -0.39 is 79.2 Å². The molecule has 2 atom stereocenters. The van der Waals surface area contributed by atoms with E-state index in [9.17, 15) is 63.6 Å². The number of likely N-dealkylation sites (N-methyl/N-ethyl adjacent to an activating group) is 1. The Labute approximate surface area is 332 Å². The smallest absolute Gasteiger partial charge is 0.326 e. The second-order valence-electron chi connectivity index (χ2n) is 13.6. The highest BCUT2D eigenvalue weighted by Gasteiger charge is 2.26. The van der Waals surface area contributed by atoms with Crippen LogP contribution in [0.1, 0.15) is 63.0 Å². The van der Waals surface area contributed by atoms with Crippen LogP contribution in [0, 0.1) is 5.92 Å². The number of carboxylic acids is 5. The maximum atomic E-state index is 12.9. The molecule has 0 spiro atoms. The Balaban J connectivity index is 2.10. The van der Waals surface area contributed by atoms with E-state index in [1.165, 1.54) is 28.1 Å². The Morgan fingerprint density at radius 3 is 1.78 bits per heavy atom. The van der Waals surface area contributed by atoms with E-state index in [4.69, 9.17) is 5.11 Å². The summed E-state index contributed by atoms with van der Waals surface area (Å²) in [5, 5.41) is 50.9. The predicted octanol–water partition coefficient (Wildman–Crippen LogP) is -0.604. The molecule has 2 aromatic heterocycles. The average molecular weight is 822 g/mol. The van der Waals surface area contributed by atoms with Gasteiger partial charge in [-0.05, 0) is 32.2 Å². The molecule has 58 heavy (non-hydrogen) atoms. The standard InChI is InChI=1S/C35H51N9O14/c1-40(2)28(46)19-42-14-11-36-26(42)17-41(18-27-37-12-15-43(27)20-29(47)44(21-31(50)51)22-32(52)53)13-4-3-6-23(33(54)55)16-24(45)8-9-25(34(56)57)39-35(58)38-10-5-7-30(48)49/h11-12,14-15,23,25H,3-10,13,16-22H2,1-2H3,(H,48,49)(H,50,51)(H,52,53)(H,54,55)(H,56,57)(H2,38,39,58)/t23-,25+/m1/s1. The number of Topliss-reactive ketones (excluding diaryl/α,β-unsaturated/α-hetero) is 1. The van der Waals surface area contributed by atoms with Crippen molar-refractivity contribution in [2.75, 3.05) is 40.3 Å². The van der Waals surface area contributed by atoms with Gasteiger partial charge < -0.3 is 55.1 Å². The van der Waals surface area contributed by atoms with E-state index in [-0.39, 0.29) is 70.6 Å². The lowest BCUT2D eigenvalue weighted by molar-refractivity contribution is -0.149. The molecule has 320 valence electrons. The minimum atomic E-state index is -1.45. The summed E-state index contributed by atoms with van der Waals surface area (Å²) in [5.41, 5.74) is 0. The van der Waals surface area contributed by atoms with Gasteiger partial charge in [0.1, 0.15) is 49.7 Å². The van der Waals surface area contributed by atoms with Gasteiger partial charge in [-0.25, -0.2) is 19.6 Å². The number of hydrogen-bond acceptors (Lipinski definition) is 12. The molecule has 0 saturated carbocycles. The molecule has 0 radical (unpaired) electrons. The van der Waals surface area contributed by atoms with Crippen LogP contribution in [-0.4, -0.2) is 159 Å². The Morgan fingerprint density at radius 1 is 0.707 bits per heavy atom. The monoisotopic (exact) mass is 821 g/mol. The summed E-state index contributed by atoms with van der Waals surface area (Å²) in [6.07, 6.45) is 5.82. The molecule has 0 aromatic carbocycles. The zero-order valence-electron chi connectivity index (χ0n) is 32.3. The average Bonchev–Trinajstić information content (AvgIpc) is 3.76. The number of hydrogen-bond donors (Lipinski definition) is 7. The van der Waals surface area contributed by atoms with Gasteiger partial charge in [0.25, 0.3) is 0 Å². The molecule has 2 rings (SSSR count). The molecule has 23 nitrogen and oxygen atoms in total. The number of imidazole rings is 2. The predicted molar refractivity (Wildman–Crippen MR) is 198 cm³/mol. The van der Waals surface area contributed by atoms with Gasteiger partial charge in [-0.15, -0.1) is 0 Å². The largest absolute Gasteiger partial charge is 0.481 e. The SMILES string of the molecule is CN(C)C(=O)Cn1ccnc1CN(CCCC[C@H](CC(=O)CC[C@H](NC(=O)NCCCC(=O)O)C(=O)O)C(=O)O)Cc1nccn1CC(=O)N(CC(=O)O)CC(=O)O. The van der Waals surface area contributed by atoms with E-state index in [0.29, 0.717) is 35.9 Å². The van der Waals surface area contributed by atoms with Gasteiger partial charge in [0.15, 0.2) is 0 Å². The van der Waals surface area contributed by atoms with E-state index in [0.717, 1.165) is 0 Å². The van der Waals surface area contributed by atoms with Crippen molar-refractivity contribution in [2.24, 2.45) is 5.92 Å². The third kappa shape index (κ3) is 18.0. The molecular weight excluding hydrogens is 770 g/mol. The number of urea groups is 1. The minimum Gasteiger partial charge on any atom is -0.481 e. The van der Waals surface area contributed by atoms with Gasteiger partial charge in [-0.1, -0.05) is 6.42 Å². The maximum Gasteiger partial charge on any atom is 0.326 e. The molecule has 4 amide bonds. The second kappa shape index (κ2) is 24.3. The second-order valence-corrected chi connectivity index (χ2v) is 13.6. The van der Waals surface area contributed by atoms with Crippen molar-refractivity contribution in [2.45, 2.75) is 83.6 Å². The molecular formula is C35H51N9O14. The number of aliphatic carboxylic acids is 5. The molecule has 23 heteroatoms. The van der Waals surface area contributed by atoms with Crippen molar-refractivity contribution in [1.82, 2.24) is 44.4 Å². The molecule has 2 heterocycles. The number of carbonyl (C=O) groups excluding carboxylic acids is 4. The van der Waals surface area contributed by atoms with Crippen molar-refractivity contribution in [3.63, 3.8) is 0 Å². The van der Waals surface area contributed by atoms with Crippen molar-refractivity contribution in [3.05, 3.63) is 36.4 Å². The van der Waals surface area contributed by atoms with Crippen LogP contribution in [0.5, 0.6) is 0 Å². The number of carboxylic acid groups (broad SMARTS) is 5. The normalized spacial score (nSPS) is 12.0. The van der Waals surface area contributed by atoms with Gasteiger partial charge in [-0.2, -0.15) is 0 Å². The molecule has 2 aromatic rings. The summed E-state index contributed by atoms with van der Waals surface area (Å²) < 4.78 is 3.10. The number of unbranched alkanes of at least 4 members (excludes halogenated alkanes) is 1. The van der Waals surface area contributed by atoms with E-state index >= 15 is 0 Å². The molecule has 0 bridgehead atoms.